The van der Waals surface area contributed by atoms with E-state index in [1.807, 2.05) is 36.5 Å². The number of nitrogens with one attached hydrogen (secondary N) is 1. The van der Waals surface area contributed by atoms with Crippen LogP contribution in [0.25, 0.3) is 5.69 Å². The molecule has 2 heterocycles. The number of carbonyl (C=O) groups is 1. The summed E-state index contributed by atoms with van der Waals surface area (Å²) in [6.45, 7) is 1.31. The molecule has 1 amide bonds. The number of nitrogens with zero attached hydrogens (tertiary/aromatic N) is 3. The van der Waals surface area contributed by atoms with Gasteiger partial charge in [-0.05, 0) is 49.2 Å². The van der Waals surface area contributed by atoms with Gasteiger partial charge >= 0.3 is 0 Å². The fourth-order valence-corrected chi connectivity index (χ4v) is 4.66. The fraction of sp³-hybridized carbons (Fsp3) is 0.304. The lowest BCUT2D eigenvalue weighted by Gasteiger charge is -2.16. The van der Waals surface area contributed by atoms with Crippen LogP contribution in [0.1, 0.15) is 28.8 Å². The van der Waals surface area contributed by atoms with Crippen LogP contribution in [0.4, 0.5) is 0 Å². The van der Waals surface area contributed by atoms with Gasteiger partial charge in [-0.3, -0.25) is 4.79 Å². The van der Waals surface area contributed by atoms with Gasteiger partial charge in [-0.25, -0.2) is 17.8 Å². The third kappa shape index (κ3) is 5.24. The number of para-hydroxylation sites is 1. The Hall–Kier alpha value is -3.01. The first-order valence-electron chi connectivity index (χ1n) is 10.5. The first-order valence-corrected chi connectivity index (χ1v) is 12.0. The summed E-state index contributed by atoms with van der Waals surface area (Å²) in [4.78, 5) is 14.5. The van der Waals surface area contributed by atoms with Gasteiger partial charge in [0.05, 0.1) is 22.9 Å². The van der Waals surface area contributed by atoms with Gasteiger partial charge in [0, 0.05) is 44.1 Å². The minimum atomic E-state index is -3.65. The minimum absolute atomic E-state index is 0.0782. The molecule has 3 aromatic rings. The van der Waals surface area contributed by atoms with Gasteiger partial charge < -0.3 is 9.64 Å². The monoisotopic (exact) mass is 454 g/mol. The van der Waals surface area contributed by atoms with Crippen molar-refractivity contribution in [2.45, 2.75) is 30.4 Å². The Morgan fingerprint density at radius 3 is 2.62 bits per heavy atom. The molecule has 8 nitrogen and oxygen atoms in total. The Labute approximate surface area is 187 Å². The maximum Gasteiger partial charge on any atom is 0.253 e. The molecule has 0 spiro atoms. The van der Waals surface area contributed by atoms with Crippen LogP contribution in [0.3, 0.4) is 0 Å². The average molecular weight is 455 g/mol. The molecule has 1 N–H and O–H groups in total. The van der Waals surface area contributed by atoms with E-state index in [2.05, 4.69) is 9.82 Å². The van der Waals surface area contributed by atoms with Gasteiger partial charge in [-0.15, -0.1) is 0 Å². The Morgan fingerprint density at radius 2 is 1.94 bits per heavy atom. The lowest BCUT2D eigenvalue weighted by molar-refractivity contribution is 0.0785. The lowest BCUT2D eigenvalue weighted by Crippen LogP contribution is -2.32. The van der Waals surface area contributed by atoms with Crippen LogP contribution in [0.15, 0.2) is 71.9 Å². The highest BCUT2D eigenvalue weighted by Gasteiger charge is 2.21. The van der Waals surface area contributed by atoms with Gasteiger partial charge in [-0.1, -0.05) is 18.2 Å². The number of carbonyl (C=O) groups excluding carboxylic acids is 1. The molecule has 1 saturated heterocycles. The highest BCUT2D eigenvalue weighted by molar-refractivity contribution is 7.89. The van der Waals surface area contributed by atoms with Crippen LogP contribution in [-0.4, -0.2) is 55.3 Å². The van der Waals surface area contributed by atoms with Crippen LogP contribution in [0.5, 0.6) is 0 Å². The van der Waals surface area contributed by atoms with Gasteiger partial charge in [0.2, 0.25) is 10.0 Å². The van der Waals surface area contributed by atoms with E-state index >= 15 is 0 Å². The molecule has 1 aliphatic heterocycles. The van der Waals surface area contributed by atoms with Crippen molar-refractivity contribution in [3.05, 3.63) is 78.1 Å². The number of hydrogen-bond donors (Lipinski definition) is 1. The summed E-state index contributed by atoms with van der Waals surface area (Å²) in [6, 6.07) is 15.7. The van der Waals surface area contributed by atoms with Gasteiger partial charge in [-0.2, -0.15) is 5.10 Å². The van der Waals surface area contributed by atoms with Crippen molar-refractivity contribution in [2.75, 3.05) is 20.2 Å². The molecule has 168 valence electrons. The zero-order valence-corrected chi connectivity index (χ0v) is 18.7. The largest absolute Gasteiger partial charge is 0.377 e. The lowest BCUT2D eigenvalue weighted by atomic mass is 10.2. The van der Waals surface area contributed by atoms with Crippen LogP contribution in [0.2, 0.25) is 0 Å². The molecule has 1 aromatic heterocycles. The van der Waals surface area contributed by atoms with E-state index in [1.165, 1.54) is 24.3 Å². The highest BCUT2D eigenvalue weighted by Crippen LogP contribution is 2.16. The SMILES string of the molecule is CN(Cc1cnn(-c2ccccc2)c1)C(=O)c1ccc(S(=O)(=O)NCC2CCCO2)cc1. The average Bonchev–Trinajstić information content (AvgIpc) is 3.50. The van der Waals surface area contributed by atoms with Crippen LogP contribution < -0.4 is 4.72 Å². The smallest absolute Gasteiger partial charge is 0.253 e. The van der Waals surface area contributed by atoms with E-state index in [9.17, 15) is 13.2 Å². The number of amides is 1. The number of benzene rings is 2. The molecular formula is C23H26N4O4S. The van der Waals surface area contributed by atoms with Crippen molar-refractivity contribution in [1.29, 1.82) is 0 Å². The molecule has 9 heteroatoms. The zero-order valence-electron chi connectivity index (χ0n) is 17.8. The Bertz CT molecular complexity index is 1150. The third-order valence-corrected chi connectivity index (χ3v) is 6.80. The van der Waals surface area contributed by atoms with Crippen molar-refractivity contribution >= 4 is 15.9 Å². The summed E-state index contributed by atoms with van der Waals surface area (Å²) >= 11 is 0. The number of ether oxygens (including phenoxy) is 1. The molecule has 0 bridgehead atoms. The summed E-state index contributed by atoms with van der Waals surface area (Å²) in [5.41, 5.74) is 2.25. The van der Waals surface area contributed by atoms with E-state index in [4.69, 9.17) is 4.74 Å². The molecular weight excluding hydrogens is 428 g/mol. The standard InChI is InChI=1S/C23H26N4O4S/c1-26(16-18-14-24-27(17-18)20-6-3-2-4-7-20)23(28)19-9-11-22(12-10-19)32(29,30)25-15-21-8-5-13-31-21/h2-4,6-7,9-12,14,17,21,25H,5,8,13,15-16H2,1H3. The number of sulfonamides is 1. The summed E-state index contributed by atoms with van der Waals surface area (Å²) in [5.74, 6) is -0.200. The highest BCUT2D eigenvalue weighted by atomic mass is 32.2. The van der Waals surface area contributed by atoms with E-state index in [1.54, 1.807) is 22.8 Å². The maximum absolute atomic E-state index is 12.8. The predicted molar refractivity (Wildman–Crippen MR) is 120 cm³/mol. The van der Waals surface area contributed by atoms with Gasteiger partial charge in [0.15, 0.2) is 0 Å². The van der Waals surface area contributed by atoms with E-state index < -0.39 is 10.0 Å². The molecule has 1 unspecified atom stereocenters. The van der Waals surface area contributed by atoms with Crippen molar-refractivity contribution < 1.29 is 17.9 Å². The van der Waals surface area contributed by atoms with Gasteiger partial charge in [0.25, 0.3) is 5.91 Å². The van der Waals surface area contributed by atoms with Crippen LogP contribution in [0, 0.1) is 0 Å². The Kier molecular flexibility index (Phi) is 6.69. The minimum Gasteiger partial charge on any atom is -0.377 e. The Morgan fingerprint density at radius 1 is 1.19 bits per heavy atom. The predicted octanol–water partition coefficient (Wildman–Crippen LogP) is 2.60. The van der Waals surface area contributed by atoms with E-state index in [-0.39, 0.29) is 23.5 Å². The van der Waals surface area contributed by atoms with Crippen LogP contribution in [-0.2, 0) is 21.3 Å². The molecule has 0 radical (unpaired) electrons. The first kappa shape index (κ1) is 22.2. The second kappa shape index (κ2) is 9.64. The zero-order chi connectivity index (χ0) is 22.6. The molecule has 1 fully saturated rings. The Balaban J connectivity index is 1.37. The molecule has 1 aliphatic rings. The topological polar surface area (TPSA) is 93.5 Å². The third-order valence-electron chi connectivity index (χ3n) is 5.36. The second-order valence-electron chi connectivity index (χ2n) is 7.80. The maximum atomic E-state index is 12.8. The number of rotatable bonds is 8. The van der Waals surface area contributed by atoms with Crippen LogP contribution >= 0.6 is 0 Å². The normalized spacial score (nSPS) is 16.2. The summed E-state index contributed by atoms with van der Waals surface area (Å²) < 4.78 is 34.8. The van der Waals surface area contributed by atoms with Crippen molar-refractivity contribution in [3.63, 3.8) is 0 Å². The first-order chi connectivity index (χ1) is 15.4. The van der Waals surface area contributed by atoms with Crippen molar-refractivity contribution in [2.24, 2.45) is 0 Å². The molecule has 2 aromatic carbocycles. The molecule has 32 heavy (non-hydrogen) atoms. The van der Waals surface area contributed by atoms with Gasteiger partial charge in [0.1, 0.15) is 0 Å². The van der Waals surface area contributed by atoms with E-state index in [0.717, 1.165) is 24.1 Å². The molecule has 1 atom stereocenters. The molecule has 4 rings (SSSR count). The summed E-state index contributed by atoms with van der Waals surface area (Å²) in [7, 11) is -1.94. The summed E-state index contributed by atoms with van der Waals surface area (Å²) in [5, 5.41) is 4.35. The van der Waals surface area contributed by atoms with Crippen molar-refractivity contribution in [3.8, 4) is 5.69 Å². The second-order valence-corrected chi connectivity index (χ2v) is 9.57. The summed E-state index contributed by atoms with van der Waals surface area (Å²) in [6.07, 6.45) is 5.34. The molecule has 0 aliphatic carbocycles. The fourth-order valence-electron chi connectivity index (χ4n) is 3.60. The van der Waals surface area contributed by atoms with E-state index in [0.29, 0.717) is 18.7 Å². The number of aromatic nitrogens is 2. The number of hydrogen-bond acceptors (Lipinski definition) is 5. The van der Waals surface area contributed by atoms with Crippen molar-refractivity contribution in [1.82, 2.24) is 19.4 Å². The quantitative estimate of drug-likeness (QED) is 0.565. The molecule has 0 saturated carbocycles.